The molecule has 1 N–H and O–H groups in total. The van der Waals surface area contributed by atoms with Gasteiger partial charge in [0.1, 0.15) is 0 Å². The van der Waals surface area contributed by atoms with Crippen molar-refractivity contribution in [1.82, 2.24) is 24.0 Å². The third kappa shape index (κ3) is 4.95. The van der Waals surface area contributed by atoms with Gasteiger partial charge in [-0.3, -0.25) is 13.9 Å². The molecule has 0 bridgehead atoms. The average molecular weight is 372 g/mol. The number of aryl methyl sites for hydroxylation is 1. The topological polar surface area (TPSA) is 73.8 Å². The molecule has 0 fully saturated rings. The van der Waals surface area contributed by atoms with E-state index in [4.69, 9.17) is 0 Å². The summed E-state index contributed by atoms with van der Waals surface area (Å²) in [5.41, 5.74) is 0.271. The highest BCUT2D eigenvalue weighted by Crippen LogP contribution is 2.08. The highest BCUT2D eigenvalue weighted by Gasteiger charge is 2.14. The zero-order chi connectivity index (χ0) is 17.9. The van der Waals surface area contributed by atoms with Crippen LogP contribution >= 0.6 is 12.4 Å². The lowest BCUT2D eigenvalue weighted by molar-refractivity contribution is 0.448. The van der Waals surface area contributed by atoms with Crippen molar-refractivity contribution in [1.29, 1.82) is 0 Å². The fourth-order valence-electron chi connectivity index (χ4n) is 2.93. The summed E-state index contributed by atoms with van der Waals surface area (Å²) in [6, 6.07) is 0.450. The second-order valence-electron chi connectivity index (χ2n) is 7.00. The largest absolute Gasteiger partial charge is 0.332 e. The molecule has 0 aliphatic rings. The van der Waals surface area contributed by atoms with Crippen molar-refractivity contribution >= 4 is 23.6 Å². The fraction of sp³-hybridized carbons (Fsp3) is 0.706. The molecule has 1 unspecified atom stereocenters. The quantitative estimate of drug-likeness (QED) is 0.765. The van der Waals surface area contributed by atoms with Gasteiger partial charge in [-0.25, -0.2) is 9.78 Å². The molecule has 0 aromatic carbocycles. The second-order valence-corrected chi connectivity index (χ2v) is 7.00. The van der Waals surface area contributed by atoms with Gasteiger partial charge in [-0.15, -0.1) is 12.4 Å². The van der Waals surface area contributed by atoms with Crippen molar-refractivity contribution in [2.75, 3.05) is 6.54 Å². The Morgan fingerprint density at radius 3 is 2.44 bits per heavy atom. The van der Waals surface area contributed by atoms with Gasteiger partial charge in [0.2, 0.25) is 0 Å². The van der Waals surface area contributed by atoms with E-state index in [1.807, 2.05) is 4.57 Å². The minimum Gasteiger partial charge on any atom is -0.323 e. The number of nitrogens with zero attached hydrogens (tertiary/aromatic N) is 4. The summed E-state index contributed by atoms with van der Waals surface area (Å²) < 4.78 is 4.36. The van der Waals surface area contributed by atoms with E-state index in [0.717, 1.165) is 23.5 Å². The second kappa shape index (κ2) is 9.20. The average Bonchev–Trinajstić information content (AvgIpc) is 2.94. The fourth-order valence-corrected chi connectivity index (χ4v) is 2.93. The highest BCUT2D eigenvalue weighted by molar-refractivity contribution is 5.85. The van der Waals surface area contributed by atoms with Gasteiger partial charge < -0.3 is 9.88 Å². The molecule has 2 heterocycles. The maximum absolute atomic E-state index is 12.4. The Balaban J connectivity index is 0.00000312. The predicted molar refractivity (Wildman–Crippen MR) is 104 cm³/mol. The lowest BCUT2D eigenvalue weighted by Gasteiger charge is -2.15. The molecule has 142 valence electrons. The van der Waals surface area contributed by atoms with Crippen LogP contribution in [0.2, 0.25) is 0 Å². The summed E-state index contributed by atoms with van der Waals surface area (Å²) in [6.45, 7) is 8.10. The van der Waals surface area contributed by atoms with Gasteiger partial charge in [0, 0.05) is 33.2 Å². The smallest absolute Gasteiger partial charge is 0.323 e. The first-order valence-electron chi connectivity index (χ1n) is 8.67. The van der Waals surface area contributed by atoms with Crippen molar-refractivity contribution in [2.24, 2.45) is 20.0 Å². The first-order valence-corrected chi connectivity index (χ1v) is 8.67. The Labute approximate surface area is 154 Å². The van der Waals surface area contributed by atoms with E-state index >= 15 is 0 Å². The third-order valence-electron chi connectivity index (χ3n) is 4.48. The van der Waals surface area contributed by atoms with E-state index in [-0.39, 0.29) is 23.7 Å². The highest BCUT2D eigenvalue weighted by atomic mass is 35.5. The Kier molecular flexibility index (Phi) is 7.89. The van der Waals surface area contributed by atoms with E-state index in [9.17, 15) is 9.59 Å². The standard InChI is InChI=1S/C17H29N5O2.ClH/c1-12(2)7-6-8-13(3)18-9-10-22-11-19-15-14(22)16(23)21(5)17(24)20(15)4;/h11-13,18H,6-10H2,1-5H3;1H. The number of hydrogen-bond acceptors (Lipinski definition) is 4. The maximum atomic E-state index is 12.4. The number of imidazole rings is 1. The molecule has 0 spiro atoms. The van der Waals surface area contributed by atoms with Crippen molar-refractivity contribution in [3.05, 3.63) is 27.2 Å². The molecule has 2 aromatic rings. The minimum absolute atomic E-state index is 0. The van der Waals surface area contributed by atoms with E-state index in [1.165, 1.54) is 24.5 Å². The summed E-state index contributed by atoms with van der Waals surface area (Å²) in [7, 11) is 3.13. The van der Waals surface area contributed by atoms with Gasteiger partial charge in [-0.2, -0.15) is 0 Å². The van der Waals surface area contributed by atoms with Crippen LogP contribution in [0, 0.1) is 5.92 Å². The van der Waals surface area contributed by atoms with Crippen molar-refractivity contribution in [2.45, 2.75) is 52.6 Å². The zero-order valence-corrected chi connectivity index (χ0v) is 16.6. The molecule has 7 nitrogen and oxygen atoms in total. The number of fused-ring (bicyclic) bond motifs is 1. The molecule has 0 saturated heterocycles. The van der Waals surface area contributed by atoms with E-state index < -0.39 is 0 Å². The molecular weight excluding hydrogens is 342 g/mol. The predicted octanol–water partition coefficient (Wildman–Crippen LogP) is 1.66. The van der Waals surface area contributed by atoms with Crippen LogP contribution in [0.25, 0.3) is 11.2 Å². The molecule has 0 aliphatic heterocycles. The van der Waals surface area contributed by atoms with Gasteiger partial charge in [0.15, 0.2) is 11.2 Å². The minimum atomic E-state index is -0.352. The Morgan fingerprint density at radius 2 is 1.80 bits per heavy atom. The van der Waals surface area contributed by atoms with Crippen molar-refractivity contribution in [3.63, 3.8) is 0 Å². The Bertz CT molecular complexity index is 806. The van der Waals surface area contributed by atoms with Gasteiger partial charge in [-0.05, 0) is 19.3 Å². The summed E-state index contributed by atoms with van der Waals surface area (Å²) in [5.74, 6) is 0.748. The summed E-state index contributed by atoms with van der Waals surface area (Å²) in [4.78, 5) is 28.5. The van der Waals surface area contributed by atoms with Gasteiger partial charge in [0.05, 0.1) is 6.33 Å². The number of rotatable bonds is 8. The first-order chi connectivity index (χ1) is 11.3. The van der Waals surface area contributed by atoms with Crippen LogP contribution in [-0.4, -0.2) is 31.3 Å². The van der Waals surface area contributed by atoms with Crippen LogP contribution in [0.5, 0.6) is 0 Å². The van der Waals surface area contributed by atoms with Gasteiger partial charge in [-0.1, -0.05) is 26.7 Å². The zero-order valence-electron chi connectivity index (χ0n) is 15.8. The summed E-state index contributed by atoms with van der Waals surface area (Å²) in [5, 5.41) is 3.49. The Hall–Kier alpha value is -1.60. The molecule has 2 aromatic heterocycles. The van der Waals surface area contributed by atoms with E-state index in [2.05, 4.69) is 31.1 Å². The van der Waals surface area contributed by atoms with Crippen LogP contribution in [0.1, 0.15) is 40.0 Å². The van der Waals surface area contributed by atoms with Gasteiger partial charge >= 0.3 is 5.69 Å². The summed E-state index contributed by atoms with van der Waals surface area (Å²) in [6.07, 6.45) is 5.26. The van der Waals surface area contributed by atoms with Crippen LogP contribution in [0.4, 0.5) is 0 Å². The third-order valence-corrected chi connectivity index (χ3v) is 4.48. The molecule has 0 radical (unpaired) electrons. The lowest BCUT2D eigenvalue weighted by atomic mass is 10.0. The molecule has 8 heteroatoms. The molecule has 0 aliphatic carbocycles. The van der Waals surface area contributed by atoms with Crippen molar-refractivity contribution < 1.29 is 0 Å². The number of nitrogens with one attached hydrogen (secondary N) is 1. The number of halogens is 1. The molecule has 25 heavy (non-hydrogen) atoms. The Morgan fingerprint density at radius 1 is 1.12 bits per heavy atom. The number of aromatic nitrogens is 4. The number of hydrogen-bond donors (Lipinski definition) is 1. The molecule has 0 saturated carbocycles. The molecule has 0 amide bonds. The molecule has 1 atom stereocenters. The first kappa shape index (κ1) is 21.4. The van der Waals surface area contributed by atoms with Crippen LogP contribution in [-0.2, 0) is 20.6 Å². The maximum Gasteiger partial charge on any atom is 0.332 e. The van der Waals surface area contributed by atoms with Crippen LogP contribution < -0.4 is 16.6 Å². The van der Waals surface area contributed by atoms with Gasteiger partial charge in [0.25, 0.3) is 5.56 Å². The van der Waals surface area contributed by atoms with Crippen molar-refractivity contribution in [3.8, 4) is 0 Å². The monoisotopic (exact) mass is 371 g/mol. The lowest BCUT2D eigenvalue weighted by Crippen LogP contribution is -2.38. The summed E-state index contributed by atoms with van der Waals surface area (Å²) >= 11 is 0. The van der Waals surface area contributed by atoms with Crippen LogP contribution in [0.15, 0.2) is 15.9 Å². The SMILES string of the molecule is CC(C)CCCC(C)NCCn1cnc2c1c(=O)n(C)c(=O)n2C.Cl. The normalized spacial score (nSPS) is 12.6. The van der Waals surface area contributed by atoms with E-state index in [1.54, 1.807) is 13.4 Å². The molecular formula is C17H30ClN5O2. The molecule has 2 rings (SSSR count). The van der Waals surface area contributed by atoms with Crippen LogP contribution in [0.3, 0.4) is 0 Å². The van der Waals surface area contributed by atoms with E-state index in [0.29, 0.717) is 23.8 Å².